The van der Waals surface area contributed by atoms with Crippen molar-refractivity contribution in [2.75, 3.05) is 19.7 Å². The van der Waals surface area contributed by atoms with Crippen LogP contribution in [0.1, 0.15) is 18.7 Å². The van der Waals surface area contributed by atoms with Crippen molar-refractivity contribution in [2.24, 2.45) is 0 Å². The van der Waals surface area contributed by atoms with Crippen LogP contribution < -0.4 is 5.32 Å². The molecule has 2 N–H and O–H groups in total. The summed E-state index contributed by atoms with van der Waals surface area (Å²) in [5, 5.41) is 8.15. The van der Waals surface area contributed by atoms with Gasteiger partial charge in [-0.1, -0.05) is 18.2 Å². The van der Waals surface area contributed by atoms with Crippen LogP contribution in [0.3, 0.4) is 0 Å². The molecule has 1 aliphatic rings. The molecule has 0 bridgehead atoms. The predicted octanol–water partition coefficient (Wildman–Crippen LogP) is 0.691. The lowest BCUT2D eigenvalue weighted by atomic mass is 10.1. The Morgan fingerprint density at radius 3 is 3.24 bits per heavy atom. The van der Waals surface area contributed by atoms with Crippen LogP contribution >= 0.6 is 0 Å². The van der Waals surface area contributed by atoms with E-state index in [1.807, 2.05) is 6.07 Å². The van der Waals surface area contributed by atoms with Crippen LogP contribution in [0.5, 0.6) is 0 Å². The maximum Gasteiger partial charge on any atom is 0.148 e. The van der Waals surface area contributed by atoms with Gasteiger partial charge in [-0.15, -0.1) is 0 Å². The maximum atomic E-state index is 5.88. The predicted molar refractivity (Wildman–Crippen MR) is 65.8 cm³/mol. The molecule has 3 rings (SSSR count). The normalized spacial score (nSPS) is 19.5. The van der Waals surface area contributed by atoms with Crippen LogP contribution in [0.25, 0.3) is 10.9 Å². The molecule has 0 radical (unpaired) electrons. The monoisotopic (exact) mass is 232 g/mol. The largest absolute Gasteiger partial charge is 0.364 e. The number of benzene rings is 1. The molecule has 90 valence electrons. The molecule has 0 saturated carbocycles. The summed E-state index contributed by atoms with van der Waals surface area (Å²) in [6, 6.07) is 8.32. The highest BCUT2D eigenvalue weighted by Gasteiger charge is 2.26. The Labute approximate surface area is 101 Å². The van der Waals surface area contributed by atoms with Gasteiger partial charge in [0.2, 0.25) is 0 Å². The van der Waals surface area contributed by atoms with E-state index in [1.165, 1.54) is 11.1 Å². The van der Waals surface area contributed by atoms with E-state index in [0.29, 0.717) is 0 Å². The van der Waals surface area contributed by atoms with Crippen LogP contribution in [-0.4, -0.2) is 29.5 Å². The van der Waals surface area contributed by atoms with Gasteiger partial charge in [0, 0.05) is 5.39 Å². The topological polar surface area (TPSA) is 43.7 Å². The summed E-state index contributed by atoms with van der Waals surface area (Å²) in [5.74, 6) is 0. The zero-order valence-electron chi connectivity index (χ0n) is 10.1. The van der Waals surface area contributed by atoms with E-state index in [-0.39, 0.29) is 6.10 Å². The minimum absolute atomic E-state index is 0.177. The zero-order valence-corrected chi connectivity index (χ0v) is 10.1. The third-order valence-electron chi connectivity index (χ3n) is 3.28. The number of nitrogens with zero attached hydrogens (tertiary/aromatic N) is 2. The third-order valence-corrected chi connectivity index (χ3v) is 3.28. The molecule has 2 heterocycles. The van der Waals surface area contributed by atoms with Gasteiger partial charge in [-0.2, -0.15) is 5.10 Å². The first-order valence-electron chi connectivity index (χ1n) is 6.29. The number of hydrogen-bond donors (Lipinski definition) is 1. The van der Waals surface area contributed by atoms with Crippen LogP contribution in [0.15, 0.2) is 24.3 Å². The first kappa shape index (κ1) is 10.7. The standard InChI is InChI=1S/C13H17N3O/c1-2-14-9-12-13-10-5-3-4-6-11(10)15-16(13)7-8-17-12/h3-6,12,14H,2,7-9H2,1H3/p+1. The molecule has 0 aliphatic carbocycles. The van der Waals surface area contributed by atoms with Gasteiger partial charge in [0.25, 0.3) is 0 Å². The van der Waals surface area contributed by atoms with Crippen molar-refractivity contribution in [2.45, 2.75) is 19.6 Å². The number of fused-ring (bicyclic) bond motifs is 3. The SMILES string of the molecule is CC[NH2+]CC1OCCn2nc3ccccc3c21. The van der Waals surface area contributed by atoms with Crippen LogP contribution in [0, 0.1) is 0 Å². The van der Waals surface area contributed by atoms with E-state index < -0.39 is 0 Å². The molecule has 4 nitrogen and oxygen atoms in total. The second kappa shape index (κ2) is 4.47. The van der Waals surface area contributed by atoms with Crippen molar-refractivity contribution in [1.29, 1.82) is 0 Å². The van der Waals surface area contributed by atoms with E-state index in [4.69, 9.17) is 4.74 Å². The fraction of sp³-hybridized carbons (Fsp3) is 0.462. The zero-order chi connectivity index (χ0) is 11.7. The van der Waals surface area contributed by atoms with Gasteiger partial charge in [-0.05, 0) is 13.0 Å². The van der Waals surface area contributed by atoms with Gasteiger partial charge in [0.15, 0.2) is 0 Å². The second-order valence-corrected chi connectivity index (χ2v) is 4.42. The average Bonchev–Trinajstić information content (AvgIpc) is 2.75. The lowest BCUT2D eigenvalue weighted by molar-refractivity contribution is -0.659. The molecule has 0 spiro atoms. The van der Waals surface area contributed by atoms with Gasteiger partial charge in [-0.3, -0.25) is 4.68 Å². The quantitative estimate of drug-likeness (QED) is 0.846. The summed E-state index contributed by atoms with van der Waals surface area (Å²) in [7, 11) is 0. The lowest BCUT2D eigenvalue weighted by Crippen LogP contribution is -2.84. The van der Waals surface area contributed by atoms with Crippen molar-refractivity contribution in [3.63, 3.8) is 0 Å². The molecular weight excluding hydrogens is 214 g/mol. The molecule has 1 aromatic carbocycles. The van der Waals surface area contributed by atoms with Gasteiger partial charge in [-0.25, -0.2) is 0 Å². The highest BCUT2D eigenvalue weighted by atomic mass is 16.5. The van der Waals surface area contributed by atoms with Crippen molar-refractivity contribution < 1.29 is 10.1 Å². The van der Waals surface area contributed by atoms with Gasteiger partial charge in [0.1, 0.15) is 12.6 Å². The van der Waals surface area contributed by atoms with Crippen LogP contribution in [-0.2, 0) is 11.3 Å². The van der Waals surface area contributed by atoms with Crippen LogP contribution in [0.4, 0.5) is 0 Å². The molecule has 0 amide bonds. The number of hydrogen-bond acceptors (Lipinski definition) is 2. The summed E-state index contributed by atoms with van der Waals surface area (Å²) in [4.78, 5) is 0. The van der Waals surface area contributed by atoms with Crippen molar-refractivity contribution in [3.8, 4) is 0 Å². The molecule has 1 unspecified atom stereocenters. The van der Waals surface area contributed by atoms with Crippen LogP contribution in [0.2, 0.25) is 0 Å². The first-order chi connectivity index (χ1) is 8.40. The summed E-state index contributed by atoms with van der Waals surface area (Å²) >= 11 is 0. The fourth-order valence-electron chi connectivity index (χ4n) is 2.47. The molecule has 1 atom stereocenters. The Kier molecular flexibility index (Phi) is 2.82. The van der Waals surface area contributed by atoms with Gasteiger partial charge >= 0.3 is 0 Å². The molecule has 0 saturated heterocycles. The van der Waals surface area contributed by atoms with E-state index in [1.54, 1.807) is 0 Å². The van der Waals surface area contributed by atoms with E-state index in [0.717, 1.165) is 31.8 Å². The third kappa shape index (κ3) is 1.83. The fourth-order valence-corrected chi connectivity index (χ4v) is 2.47. The smallest absolute Gasteiger partial charge is 0.148 e. The van der Waals surface area contributed by atoms with E-state index in [2.05, 4.69) is 40.2 Å². The lowest BCUT2D eigenvalue weighted by Gasteiger charge is -2.23. The van der Waals surface area contributed by atoms with Gasteiger partial charge < -0.3 is 10.1 Å². The molecule has 1 aliphatic heterocycles. The summed E-state index contributed by atoms with van der Waals surface area (Å²) in [6.07, 6.45) is 0.177. The molecule has 1 aromatic heterocycles. The highest BCUT2D eigenvalue weighted by Crippen LogP contribution is 2.28. The second-order valence-electron chi connectivity index (χ2n) is 4.42. The molecule has 4 heteroatoms. The highest BCUT2D eigenvalue weighted by molar-refractivity contribution is 5.81. The minimum Gasteiger partial charge on any atom is -0.364 e. The van der Waals surface area contributed by atoms with Crippen molar-refractivity contribution in [3.05, 3.63) is 30.0 Å². The Morgan fingerprint density at radius 2 is 2.35 bits per heavy atom. The number of ether oxygens (including phenoxy) is 1. The Bertz CT molecular complexity index is 520. The summed E-state index contributed by atoms with van der Waals surface area (Å²) < 4.78 is 7.99. The average molecular weight is 232 g/mol. The number of likely N-dealkylation sites (N-methyl/N-ethyl adjacent to an activating group) is 1. The van der Waals surface area contributed by atoms with Gasteiger partial charge in [0.05, 0.1) is 30.9 Å². The number of aromatic nitrogens is 2. The van der Waals surface area contributed by atoms with E-state index >= 15 is 0 Å². The summed E-state index contributed by atoms with van der Waals surface area (Å²) in [6.45, 7) is 5.87. The first-order valence-corrected chi connectivity index (χ1v) is 6.29. The van der Waals surface area contributed by atoms with E-state index in [9.17, 15) is 0 Å². The Hall–Kier alpha value is -1.39. The summed E-state index contributed by atoms with van der Waals surface area (Å²) in [5.41, 5.74) is 2.33. The number of rotatable bonds is 3. The Morgan fingerprint density at radius 1 is 1.47 bits per heavy atom. The maximum absolute atomic E-state index is 5.88. The molecule has 2 aromatic rings. The number of nitrogens with two attached hydrogens (primary N) is 1. The number of quaternary nitrogens is 1. The minimum atomic E-state index is 0.177. The Balaban J connectivity index is 2.04. The molecule has 0 fully saturated rings. The van der Waals surface area contributed by atoms with Crippen molar-refractivity contribution in [1.82, 2.24) is 9.78 Å². The van der Waals surface area contributed by atoms with Crippen molar-refractivity contribution >= 4 is 10.9 Å². The molecular formula is C13H18N3O+. The molecule has 17 heavy (non-hydrogen) atoms.